The van der Waals surface area contributed by atoms with Crippen molar-refractivity contribution in [3.8, 4) is 0 Å². The summed E-state index contributed by atoms with van der Waals surface area (Å²) in [7, 11) is 2.02. The Hall–Kier alpha value is -0.120. The molecule has 1 aliphatic heterocycles. The minimum atomic E-state index is 0.392. The molecule has 0 spiro atoms. The molecule has 14 heavy (non-hydrogen) atoms. The fourth-order valence-corrected chi connectivity index (χ4v) is 1.99. The van der Waals surface area contributed by atoms with Crippen molar-refractivity contribution in [3.63, 3.8) is 0 Å². The Kier molecular flexibility index (Phi) is 4.85. The Balaban J connectivity index is 2.23. The lowest BCUT2D eigenvalue weighted by molar-refractivity contribution is -0.0684. The van der Waals surface area contributed by atoms with Gasteiger partial charge in [0.1, 0.15) is 0 Å². The van der Waals surface area contributed by atoms with Crippen molar-refractivity contribution < 1.29 is 4.74 Å². The monoisotopic (exact) mass is 200 g/mol. The average molecular weight is 200 g/mol. The lowest BCUT2D eigenvalue weighted by Crippen LogP contribution is -2.46. The number of hydrogen-bond acceptors (Lipinski definition) is 3. The second-order valence-electron chi connectivity index (χ2n) is 4.50. The van der Waals surface area contributed by atoms with E-state index in [-0.39, 0.29) is 0 Å². The topological polar surface area (TPSA) is 24.5 Å². The summed E-state index contributed by atoms with van der Waals surface area (Å²) < 4.78 is 5.69. The molecule has 0 bridgehead atoms. The zero-order chi connectivity index (χ0) is 10.6. The summed E-state index contributed by atoms with van der Waals surface area (Å²) >= 11 is 0. The van der Waals surface area contributed by atoms with Gasteiger partial charge < -0.3 is 10.1 Å². The van der Waals surface area contributed by atoms with Crippen molar-refractivity contribution in [2.24, 2.45) is 0 Å². The van der Waals surface area contributed by atoms with Crippen LogP contribution >= 0.6 is 0 Å². The van der Waals surface area contributed by atoms with Crippen LogP contribution in [0.15, 0.2) is 0 Å². The Bertz CT molecular complexity index is 153. The van der Waals surface area contributed by atoms with E-state index in [1.807, 2.05) is 7.05 Å². The number of nitrogens with zero attached hydrogens (tertiary/aromatic N) is 1. The number of nitrogens with one attached hydrogen (secondary N) is 1. The smallest absolute Gasteiger partial charge is 0.0678 e. The molecule has 1 saturated heterocycles. The summed E-state index contributed by atoms with van der Waals surface area (Å²) in [6, 6.07) is 0.614. The maximum atomic E-state index is 5.69. The third-order valence-corrected chi connectivity index (χ3v) is 2.87. The van der Waals surface area contributed by atoms with E-state index in [0.29, 0.717) is 18.2 Å². The molecule has 0 aliphatic carbocycles. The highest BCUT2D eigenvalue weighted by Crippen LogP contribution is 2.11. The van der Waals surface area contributed by atoms with Crippen molar-refractivity contribution in [3.05, 3.63) is 0 Å². The molecule has 3 atom stereocenters. The van der Waals surface area contributed by atoms with Crippen molar-refractivity contribution in [1.29, 1.82) is 0 Å². The zero-order valence-electron chi connectivity index (χ0n) is 9.92. The van der Waals surface area contributed by atoms with Crippen LogP contribution in [-0.4, -0.2) is 49.8 Å². The summed E-state index contributed by atoms with van der Waals surface area (Å²) in [6.07, 6.45) is 2.00. The Labute approximate surface area is 87.8 Å². The molecule has 84 valence electrons. The van der Waals surface area contributed by atoms with Crippen LogP contribution < -0.4 is 5.32 Å². The minimum Gasteiger partial charge on any atom is -0.373 e. The number of morpholine rings is 1. The molecular formula is C11H24N2O. The molecule has 1 N–H and O–H groups in total. The molecule has 1 fully saturated rings. The normalized spacial score (nSPS) is 31.7. The van der Waals surface area contributed by atoms with Gasteiger partial charge in [0.2, 0.25) is 0 Å². The van der Waals surface area contributed by atoms with Gasteiger partial charge in [0, 0.05) is 19.1 Å². The molecule has 0 radical (unpaired) electrons. The summed E-state index contributed by atoms with van der Waals surface area (Å²) in [5.41, 5.74) is 0. The largest absolute Gasteiger partial charge is 0.373 e. The predicted molar refractivity (Wildman–Crippen MR) is 59.6 cm³/mol. The zero-order valence-corrected chi connectivity index (χ0v) is 9.92. The van der Waals surface area contributed by atoms with Crippen LogP contribution in [0.3, 0.4) is 0 Å². The lowest BCUT2D eigenvalue weighted by Gasteiger charge is -2.35. The van der Waals surface area contributed by atoms with E-state index in [2.05, 4.69) is 31.0 Å². The molecule has 3 heteroatoms. The number of hydrogen-bond donors (Lipinski definition) is 1. The first-order valence-corrected chi connectivity index (χ1v) is 5.67. The molecule has 1 heterocycles. The number of ether oxygens (including phenoxy) is 1. The summed E-state index contributed by atoms with van der Waals surface area (Å²) in [4.78, 5) is 2.51. The molecule has 3 nitrogen and oxygen atoms in total. The van der Waals surface area contributed by atoms with Crippen LogP contribution in [-0.2, 0) is 4.74 Å². The molecule has 1 rings (SSSR count). The molecule has 1 aliphatic rings. The van der Waals surface area contributed by atoms with Crippen molar-refractivity contribution >= 4 is 0 Å². The standard InChI is InChI=1S/C11H24N2O/c1-9(12-4)5-6-13-7-10(2)14-11(3)8-13/h9-12H,5-8H2,1-4H3. The first kappa shape index (κ1) is 12.0. The average Bonchev–Trinajstić information content (AvgIpc) is 2.12. The Morgan fingerprint density at radius 1 is 1.36 bits per heavy atom. The van der Waals surface area contributed by atoms with Gasteiger partial charge >= 0.3 is 0 Å². The molecule has 0 amide bonds. The van der Waals surface area contributed by atoms with Crippen LogP contribution in [0.1, 0.15) is 27.2 Å². The van der Waals surface area contributed by atoms with Crippen LogP contribution in [0.25, 0.3) is 0 Å². The maximum Gasteiger partial charge on any atom is 0.0678 e. The van der Waals surface area contributed by atoms with E-state index in [0.717, 1.165) is 13.1 Å². The third kappa shape index (κ3) is 3.95. The Morgan fingerprint density at radius 2 is 1.93 bits per heavy atom. The van der Waals surface area contributed by atoms with E-state index in [1.165, 1.54) is 13.0 Å². The molecule has 0 aromatic carbocycles. The van der Waals surface area contributed by atoms with Crippen molar-refractivity contribution in [2.75, 3.05) is 26.7 Å². The fourth-order valence-electron chi connectivity index (χ4n) is 1.99. The summed E-state index contributed by atoms with van der Waals surface area (Å²) in [5.74, 6) is 0. The minimum absolute atomic E-state index is 0.392. The van der Waals surface area contributed by atoms with Gasteiger partial charge in [0.15, 0.2) is 0 Å². The van der Waals surface area contributed by atoms with Crippen LogP contribution in [0.4, 0.5) is 0 Å². The van der Waals surface area contributed by atoms with Gasteiger partial charge in [-0.05, 0) is 40.8 Å². The van der Waals surface area contributed by atoms with Crippen LogP contribution in [0, 0.1) is 0 Å². The third-order valence-electron chi connectivity index (χ3n) is 2.87. The lowest BCUT2D eigenvalue weighted by atomic mass is 10.2. The van der Waals surface area contributed by atoms with E-state index in [1.54, 1.807) is 0 Å². The van der Waals surface area contributed by atoms with Crippen LogP contribution in [0.5, 0.6) is 0 Å². The van der Waals surface area contributed by atoms with Crippen molar-refractivity contribution in [2.45, 2.75) is 45.4 Å². The molecule has 0 saturated carbocycles. The van der Waals surface area contributed by atoms with E-state index in [9.17, 15) is 0 Å². The highest BCUT2D eigenvalue weighted by Gasteiger charge is 2.21. The maximum absolute atomic E-state index is 5.69. The van der Waals surface area contributed by atoms with Gasteiger partial charge in [0.05, 0.1) is 12.2 Å². The fraction of sp³-hybridized carbons (Fsp3) is 1.00. The first-order chi connectivity index (χ1) is 6.61. The van der Waals surface area contributed by atoms with E-state index in [4.69, 9.17) is 4.74 Å². The van der Waals surface area contributed by atoms with Gasteiger partial charge in [-0.2, -0.15) is 0 Å². The SMILES string of the molecule is CNC(C)CCN1CC(C)OC(C)C1. The van der Waals surface area contributed by atoms with Gasteiger partial charge in [-0.25, -0.2) is 0 Å². The van der Waals surface area contributed by atoms with Crippen molar-refractivity contribution in [1.82, 2.24) is 10.2 Å². The second kappa shape index (κ2) is 5.69. The van der Waals surface area contributed by atoms with E-state index >= 15 is 0 Å². The second-order valence-corrected chi connectivity index (χ2v) is 4.50. The molecule has 0 aromatic rings. The summed E-state index contributed by atoms with van der Waals surface area (Å²) in [5, 5.41) is 3.27. The van der Waals surface area contributed by atoms with Gasteiger partial charge in [-0.15, -0.1) is 0 Å². The quantitative estimate of drug-likeness (QED) is 0.735. The predicted octanol–water partition coefficient (Wildman–Crippen LogP) is 1.09. The van der Waals surface area contributed by atoms with Gasteiger partial charge in [-0.3, -0.25) is 4.90 Å². The molecular weight excluding hydrogens is 176 g/mol. The van der Waals surface area contributed by atoms with Crippen LogP contribution in [0.2, 0.25) is 0 Å². The van der Waals surface area contributed by atoms with Gasteiger partial charge in [-0.1, -0.05) is 0 Å². The molecule has 3 unspecified atom stereocenters. The highest BCUT2D eigenvalue weighted by atomic mass is 16.5. The first-order valence-electron chi connectivity index (χ1n) is 5.67. The number of rotatable bonds is 4. The highest BCUT2D eigenvalue weighted by molar-refractivity contribution is 4.74. The Morgan fingerprint density at radius 3 is 2.43 bits per heavy atom. The summed E-state index contributed by atoms with van der Waals surface area (Å²) in [6.45, 7) is 9.89. The van der Waals surface area contributed by atoms with Gasteiger partial charge in [0.25, 0.3) is 0 Å². The molecule has 0 aromatic heterocycles. The van der Waals surface area contributed by atoms with E-state index < -0.39 is 0 Å².